The maximum atomic E-state index is 13.0. The molecule has 1 N–H and O–H groups in total. The molecule has 2 saturated carbocycles. The first-order valence-electron chi connectivity index (χ1n) is 9.21. The lowest BCUT2D eigenvalue weighted by molar-refractivity contribution is -0.384. The number of carboxylic acids is 1. The molecule has 2 aliphatic rings. The van der Waals surface area contributed by atoms with E-state index in [1.807, 2.05) is 6.92 Å². The Kier molecular flexibility index (Phi) is 5.19. The molecule has 0 radical (unpaired) electrons. The van der Waals surface area contributed by atoms with Crippen LogP contribution in [0.25, 0.3) is 0 Å². The van der Waals surface area contributed by atoms with Gasteiger partial charge in [0.25, 0.3) is 11.6 Å². The number of hydrogen-bond acceptors (Lipinski definition) is 5. The lowest BCUT2D eigenvalue weighted by atomic mass is 9.60. The first-order valence-corrected chi connectivity index (χ1v) is 9.21. The number of ether oxygens (including phenoxy) is 1. The number of nitrogens with zero attached hydrogens (tertiary/aromatic N) is 2. The van der Waals surface area contributed by atoms with Crippen molar-refractivity contribution in [3.63, 3.8) is 0 Å². The van der Waals surface area contributed by atoms with E-state index in [0.717, 1.165) is 44.2 Å². The maximum absolute atomic E-state index is 13.0. The number of nitro groups is 1. The minimum atomic E-state index is -1.30. The second kappa shape index (κ2) is 7.26. The predicted molar refractivity (Wildman–Crippen MR) is 96.9 cm³/mol. The van der Waals surface area contributed by atoms with E-state index < -0.39 is 22.5 Å². The van der Waals surface area contributed by atoms with Crippen LogP contribution in [0, 0.1) is 15.5 Å². The molecule has 2 aliphatic carbocycles. The summed E-state index contributed by atoms with van der Waals surface area (Å²) in [6, 6.07) is 3.31. The van der Waals surface area contributed by atoms with Gasteiger partial charge in [-0.05, 0) is 32.3 Å². The van der Waals surface area contributed by atoms with Gasteiger partial charge in [-0.1, -0.05) is 12.8 Å². The summed E-state index contributed by atoms with van der Waals surface area (Å²) in [7, 11) is 1.69. The van der Waals surface area contributed by atoms with E-state index in [-0.39, 0.29) is 28.7 Å². The molecule has 0 heterocycles. The fraction of sp³-hybridized carbons (Fsp3) is 0.579. The highest BCUT2D eigenvalue weighted by atomic mass is 16.6. The van der Waals surface area contributed by atoms with E-state index in [4.69, 9.17) is 4.74 Å². The van der Waals surface area contributed by atoms with E-state index in [9.17, 15) is 24.8 Å². The highest BCUT2D eigenvalue weighted by Gasteiger charge is 2.58. The van der Waals surface area contributed by atoms with Crippen LogP contribution in [0.1, 0.15) is 59.7 Å². The van der Waals surface area contributed by atoms with Crippen molar-refractivity contribution in [3.8, 4) is 0 Å². The average molecular weight is 376 g/mol. The molecule has 1 amide bonds. The fourth-order valence-corrected chi connectivity index (χ4v) is 4.70. The van der Waals surface area contributed by atoms with Gasteiger partial charge in [0.2, 0.25) is 0 Å². The van der Waals surface area contributed by atoms with Crippen molar-refractivity contribution in [1.29, 1.82) is 0 Å². The molecule has 8 heteroatoms. The minimum absolute atomic E-state index is 0.00316. The fourth-order valence-electron chi connectivity index (χ4n) is 4.70. The number of carboxylic acid groups (broad SMARTS) is 1. The van der Waals surface area contributed by atoms with Gasteiger partial charge in [-0.15, -0.1) is 0 Å². The number of hydrogen-bond donors (Lipinski definition) is 1. The highest BCUT2D eigenvalue weighted by molar-refractivity contribution is 5.98. The Labute approximate surface area is 157 Å². The van der Waals surface area contributed by atoms with E-state index in [0.29, 0.717) is 6.61 Å². The van der Waals surface area contributed by atoms with Crippen molar-refractivity contribution in [2.24, 2.45) is 5.41 Å². The Morgan fingerprint density at radius 1 is 1.30 bits per heavy atom. The summed E-state index contributed by atoms with van der Waals surface area (Å²) >= 11 is 0. The van der Waals surface area contributed by atoms with Crippen LogP contribution >= 0.6 is 0 Å². The molecule has 146 valence electrons. The highest BCUT2D eigenvalue weighted by Crippen LogP contribution is 2.56. The zero-order valence-corrected chi connectivity index (χ0v) is 15.5. The Morgan fingerprint density at radius 3 is 2.48 bits per heavy atom. The zero-order valence-electron chi connectivity index (χ0n) is 15.5. The molecule has 27 heavy (non-hydrogen) atoms. The topological polar surface area (TPSA) is 110 Å². The van der Waals surface area contributed by atoms with Gasteiger partial charge in [-0.2, -0.15) is 0 Å². The summed E-state index contributed by atoms with van der Waals surface area (Å²) in [5.74, 6) is -1.70. The summed E-state index contributed by atoms with van der Waals surface area (Å²) in [4.78, 5) is 36.3. The molecular weight excluding hydrogens is 352 g/mol. The largest absolute Gasteiger partial charge is 0.478 e. The quantitative estimate of drug-likeness (QED) is 0.603. The minimum Gasteiger partial charge on any atom is -0.478 e. The van der Waals surface area contributed by atoms with Gasteiger partial charge >= 0.3 is 5.97 Å². The first-order chi connectivity index (χ1) is 12.8. The monoisotopic (exact) mass is 376 g/mol. The van der Waals surface area contributed by atoms with Gasteiger partial charge in [0.15, 0.2) is 0 Å². The zero-order chi connectivity index (χ0) is 19.8. The number of amides is 1. The summed E-state index contributed by atoms with van der Waals surface area (Å²) in [5.41, 5.74) is -0.700. The number of carbonyl (C=O) groups excluding carboxylic acids is 1. The molecule has 2 unspecified atom stereocenters. The summed E-state index contributed by atoms with van der Waals surface area (Å²) in [6.45, 7) is 2.59. The SMILES string of the molecule is CCOC1CC(N(C)C(=O)c2cc(C(=O)O)cc([N+](=O)[O-])c2)C12CCCC2. The number of benzene rings is 1. The number of aromatic carboxylic acids is 1. The molecular formula is C19H24N2O6. The molecule has 1 aromatic carbocycles. The van der Waals surface area contributed by atoms with Crippen LogP contribution in [-0.4, -0.2) is 52.6 Å². The van der Waals surface area contributed by atoms with Gasteiger partial charge in [0, 0.05) is 42.8 Å². The van der Waals surface area contributed by atoms with Gasteiger partial charge in [-0.3, -0.25) is 14.9 Å². The number of rotatable bonds is 6. The Morgan fingerprint density at radius 2 is 1.93 bits per heavy atom. The van der Waals surface area contributed by atoms with Crippen LogP contribution in [0.2, 0.25) is 0 Å². The number of nitro benzene ring substituents is 1. The lowest BCUT2D eigenvalue weighted by Crippen LogP contribution is -2.64. The van der Waals surface area contributed by atoms with Crippen LogP contribution in [0.15, 0.2) is 18.2 Å². The van der Waals surface area contributed by atoms with Crippen molar-refractivity contribution in [2.45, 2.75) is 51.2 Å². The second-order valence-electron chi connectivity index (χ2n) is 7.38. The van der Waals surface area contributed by atoms with Crippen molar-refractivity contribution in [1.82, 2.24) is 4.90 Å². The standard InChI is InChI=1S/C19H24N2O6/c1-3-27-16-11-15(19(16)6-4-5-7-19)20(2)17(22)12-8-13(18(23)24)10-14(9-12)21(25)26/h8-10,15-16H,3-7,11H2,1-2H3,(H,23,24). The molecule has 0 saturated heterocycles. The van der Waals surface area contributed by atoms with Crippen molar-refractivity contribution in [2.75, 3.05) is 13.7 Å². The Balaban J connectivity index is 1.87. The molecule has 0 bridgehead atoms. The van der Waals surface area contributed by atoms with Gasteiger partial charge in [0.1, 0.15) is 0 Å². The molecule has 1 aromatic rings. The third-order valence-electron chi connectivity index (χ3n) is 6.05. The molecule has 3 rings (SSSR count). The Hall–Kier alpha value is -2.48. The summed E-state index contributed by atoms with van der Waals surface area (Å²) in [6.07, 6.45) is 5.05. The van der Waals surface area contributed by atoms with Crippen LogP contribution in [-0.2, 0) is 4.74 Å². The van der Waals surface area contributed by atoms with E-state index >= 15 is 0 Å². The van der Waals surface area contributed by atoms with Crippen LogP contribution in [0.4, 0.5) is 5.69 Å². The van der Waals surface area contributed by atoms with Crippen molar-refractivity contribution < 1.29 is 24.4 Å². The van der Waals surface area contributed by atoms with E-state index in [1.54, 1.807) is 11.9 Å². The number of non-ortho nitro benzene ring substituents is 1. The smallest absolute Gasteiger partial charge is 0.335 e. The van der Waals surface area contributed by atoms with Crippen LogP contribution in [0.3, 0.4) is 0 Å². The van der Waals surface area contributed by atoms with Gasteiger partial charge in [0.05, 0.1) is 16.6 Å². The average Bonchev–Trinajstić information content (AvgIpc) is 3.16. The first kappa shape index (κ1) is 19.3. The molecule has 8 nitrogen and oxygen atoms in total. The van der Waals surface area contributed by atoms with Gasteiger partial charge in [-0.25, -0.2) is 4.79 Å². The van der Waals surface area contributed by atoms with Gasteiger partial charge < -0.3 is 14.7 Å². The molecule has 2 fully saturated rings. The maximum Gasteiger partial charge on any atom is 0.335 e. The third kappa shape index (κ3) is 3.29. The Bertz CT molecular complexity index is 739. The normalized spacial score (nSPS) is 23.0. The molecule has 2 atom stereocenters. The molecule has 0 aliphatic heterocycles. The lowest BCUT2D eigenvalue weighted by Gasteiger charge is -2.57. The summed E-state index contributed by atoms with van der Waals surface area (Å²) in [5, 5.41) is 20.3. The van der Waals surface area contributed by atoms with E-state index in [2.05, 4.69) is 0 Å². The predicted octanol–water partition coefficient (Wildman–Crippen LogP) is 3.10. The molecule has 0 aromatic heterocycles. The third-order valence-corrected chi connectivity index (χ3v) is 6.05. The molecule has 1 spiro atoms. The van der Waals surface area contributed by atoms with Crippen molar-refractivity contribution >= 4 is 17.6 Å². The van der Waals surface area contributed by atoms with Crippen LogP contribution in [0.5, 0.6) is 0 Å². The van der Waals surface area contributed by atoms with Crippen molar-refractivity contribution in [3.05, 3.63) is 39.4 Å². The van der Waals surface area contributed by atoms with Crippen LogP contribution < -0.4 is 0 Å². The second-order valence-corrected chi connectivity index (χ2v) is 7.38. The van der Waals surface area contributed by atoms with E-state index in [1.165, 1.54) is 6.07 Å². The number of carbonyl (C=O) groups is 2. The summed E-state index contributed by atoms with van der Waals surface area (Å²) < 4.78 is 5.88.